The van der Waals surface area contributed by atoms with Gasteiger partial charge in [-0.05, 0) is 17.4 Å². The van der Waals surface area contributed by atoms with Crippen LogP contribution >= 0.6 is 0 Å². The molecule has 1 unspecified atom stereocenters. The summed E-state index contributed by atoms with van der Waals surface area (Å²) in [5.74, 6) is 0. The molecule has 1 aromatic rings. The lowest BCUT2D eigenvalue weighted by Crippen LogP contribution is -2.19. The Morgan fingerprint density at radius 3 is 2.42 bits per heavy atom. The number of hydrogen-bond donors (Lipinski definition) is 0. The van der Waals surface area contributed by atoms with Crippen LogP contribution in [0.3, 0.4) is 0 Å². The molecule has 0 saturated carbocycles. The summed E-state index contributed by atoms with van der Waals surface area (Å²) in [4.78, 5) is 11.0. The van der Waals surface area contributed by atoms with Gasteiger partial charge in [0.2, 0.25) is 0 Å². The van der Waals surface area contributed by atoms with Crippen LogP contribution in [0.1, 0.15) is 45.3 Å². The topological polar surface area (TPSA) is 27.7 Å². The molecule has 0 N–H and O–H groups in total. The van der Waals surface area contributed by atoms with Gasteiger partial charge >= 0.3 is 0 Å². The maximum atomic E-state index is 5.59. The molecule has 0 saturated heterocycles. The van der Waals surface area contributed by atoms with Crippen molar-refractivity contribution in [3.8, 4) is 0 Å². The SMILES string of the molecule is CCC(C)(C)COOC(CCOC)c1ccccc1. The number of ether oxygens (including phenoxy) is 1. The third-order valence-electron chi connectivity index (χ3n) is 3.35. The average molecular weight is 266 g/mol. The highest BCUT2D eigenvalue weighted by molar-refractivity contribution is 5.17. The minimum Gasteiger partial charge on any atom is -0.385 e. The Kier molecular flexibility index (Phi) is 7.06. The Labute approximate surface area is 116 Å². The third-order valence-corrected chi connectivity index (χ3v) is 3.35. The van der Waals surface area contributed by atoms with Crippen molar-refractivity contribution in [2.24, 2.45) is 5.41 Å². The summed E-state index contributed by atoms with van der Waals surface area (Å²) in [7, 11) is 1.70. The van der Waals surface area contributed by atoms with Gasteiger partial charge in [0.25, 0.3) is 0 Å². The Bertz CT molecular complexity index is 335. The van der Waals surface area contributed by atoms with Crippen molar-refractivity contribution in [2.45, 2.75) is 39.7 Å². The summed E-state index contributed by atoms with van der Waals surface area (Å²) in [6.45, 7) is 7.74. The first kappa shape index (κ1) is 16.2. The van der Waals surface area contributed by atoms with E-state index in [-0.39, 0.29) is 11.5 Å². The molecule has 19 heavy (non-hydrogen) atoms. The lowest BCUT2D eigenvalue weighted by atomic mass is 9.92. The zero-order chi connectivity index (χ0) is 14.1. The van der Waals surface area contributed by atoms with Gasteiger partial charge in [-0.1, -0.05) is 51.1 Å². The molecule has 0 bridgehead atoms. The predicted molar refractivity (Wildman–Crippen MR) is 76.8 cm³/mol. The molecule has 0 spiro atoms. The zero-order valence-corrected chi connectivity index (χ0v) is 12.5. The van der Waals surface area contributed by atoms with E-state index >= 15 is 0 Å². The van der Waals surface area contributed by atoms with E-state index < -0.39 is 0 Å². The van der Waals surface area contributed by atoms with Crippen molar-refractivity contribution < 1.29 is 14.5 Å². The molecular formula is C16H26O3. The molecule has 0 aromatic heterocycles. The highest BCUT2D eigenvalue weighted by Crippen LogP contribution is 2.24. The highest BCUT2D eigenvalue weighted by Gasteiger charge is 2.18. The van der Waals surface area contributed by atoms with Gasteiger partial charge in [0.15, 0.2) is 0 Å². The van der Waals surface area contributed by atoms with Gasteiger partial charge in [-0.15, -0.1) is 0 Å². The number of methoxy groups -OCH3 is 1. The molecule has 0 aliphatic rings. The van der Waals surface area contributed by atoms with E-state index in [0.717, 1.165) is 18.4 Å². The minimum absolute atomic E-state index is 0.0752. The number of benzene rings is 1. The van der Waals surface area contributed by atoms with Crippen molar-refractivity contribution in [2.75, 3.05) is 20.3 Å². The van der Waals surface area contributed by atoms with Crippen molar-refractivity contribution >= 4 is 0 Å². The summed E-state index contributed by atoms with van der Waals surface area (Å²) < 4.78 is 5.13. The molecule has 1 rings (SSSR count). The van der Waals surface area contributed by atoms with Crippen LogP contribution in [0.15, 0.2) is 30.3 Å². The van der Waals surface area contributed by atoms with Crippen LogP contribution in [-0.2, 0) is 14.5 Å². The summed E-state index contributed by atoms with van der Waals surface area (Å²) >= 11 is 0. The Hall–Kier alpha value is -0.900. The first-order valence-electron chi connectivity index (χ1n) is 6.91. The van der Waals surface area contributed by atoms with E-state index in [2.05, 4.69) is 32.9 Å². The van der Waals surface area contributed by atoms with Gasteiger partial charge < -0.3 is 4.74 Å². The van der Waals surface area contributed by atoms with E-state index in [1.54, 1.807) is 7.11 Å². The second kappa shape index (κ2) is 8.31. The molecular weight excluding hydrogens is 240 g/mol. The van der Waals surface area contributed by atoms with E-state index in [1.165, 1.54) is 0 Å². The lowest BCUT2D eigenvalue weighted by molar-refractivity contribution is -0.341. The van der Waals surface area contributed by atoms with Gasteiger partial charge in [-0.2, -0.15) is 0 Å². The van der Waals surface area contributed by atoms with Crippen molar-refractivity contribution in [3.63, 3.8) is 0 Å². The molecule has 0 aliphatic heterocycles. The van der Waals surface area contributed by atoms with Crippen molar-refractivity contribution in [1.29, 1.82) is 0 Å². The van der Waals surface area contributed by atoms with Crippen LogP contribution in [0.2, 0.25) is 0 Å². The highest BCUT2D eigenvalue weighted by atomic mass is 17.2. The van der Waals surface area contributed by atoms with Crippen LogP contribution < -0.4 is 0 Å². The molecule has 0 radical (unpaired) electrons. The molecule has 3 heteroatoms. The van der Waals surface area contributed by atoms with Gasteiger partial charge in [-0.3, -0.25) is 0 Å². The predicted octanol–water partition coefficient (Wildman–Crippen LogP) is 4.15. The molecule has 1 atom stereocenters. The average Bonchev–Trinajstić information content (AvgIpc) is 2.43. The van der Waals surface area contributed by atoms with Crippen LogP contribution in [0, 0.1) is 5.41 Å². The summed E-state index contributed by atoms with van der Waals surface area (Å²) in [5.41, 5.74) is 1.26. The van der Waals surface area contributed by atoms with Gasteiger partial charge in [0, 0.05) is 20.1 Å². The molecule has 0 aliphatic carbocycles. The largest absolute Gasteiger partial charge is 0.385 e. The lowest BCUT2D eigenvalue weighted by Gasteiger charge is -2.23. The second-order valence-electron chi connectivity index (χ2n) is 5.56. The molecule has 1 aromatic carbocycles. The fourth-order valence-electron chi connectivity index (χ4n) is 1.54. The van der Waals surface area contributed by atoms with Gasteiger partial charge in [0.05, 0.1) is 6.61 Å². The second-order valence-corrected chi connectivity index (χ2v) is 5.56. The van der Waals surface area contributed by atoms with E-state index in [9.17, 15) is 0 Å². The first-order chi connectivity index (χ1) is 9.09. The Morgan fingerprint density at radius 2 is 1.84 bits per heavy atom. The van der Waals surface area contributed by atoms with Gasteiger partial charge in [-0.25, -0.2) is 9.78 Å². The monoisotopic (exact) mass is 266 g/mol. The summed E-state index contributed by atoms with van der Waals surface area (Å²) in [5, 5.41) is 0. The number of hydrogen-bond acceptors (Lipinski definition) is 3. The van der Waals surface area contributed by atoms with Crippen LogP contribution in [0.25, 0.3) is 0 Å². The summed E-state index contributed by atoms with van der Waals surface area (Å²) in [6, 6.07) is 10.1. The summed E-state index contributed by atoms with van der Waals surface area (Å²) in [6.07, 6.45) is 1.77. The number of rotatable bonds is 9. The van der Waals surface area contributed by atoms with E-state index in [4.69, 9.17) is 14.5 Å². The molecule has 3 nitrogen and oxygen atoms in total. The Morgan fingerprint density at radius 1 is 1.16 bits per heavy atom. The molecule has 0 heterocycles. The normalized spacial score (nSPS) is 13.5. The van der Waals surface area contributed by atoms with E-state index in [1.807, 2.05) is 18.2 Å². The molecule has 0 fully saturated rings. The minimum atomic E-state index is -0.0752. The van der Waals surface area contributed by atoms with Crippen LogP contribution in [0.5, 0.6) is 0 Å². The fourth-order valence-corrected chi connectivity index (χ4v) is 1.54. The van der Waals surface area contributed by atoms with Crippen LogP contribution in [-0.4, -0.2) is 20.3 Å². The van der Waals surface area contributed by atoms with Crippen molar-refractivity contribution in [1.82, 2.24) is 0 Å². The molecule has 0 amide bonds. The molecule has 108 valence electrons. The maximum Gasteiger partial charge on any atom is 0.120 e. The zero-order valence-electron chi connectivity index (χ0n) is 12.5. The smallest absolute Gasteiger partial charge is 0.120 e. The van der Waals surface area contributed by atoms with Crippen LogP contribution in [0.4, 0.5) is 0 Å². The Balaban J connectivity index is 2.51. The maximum absolute atomic E-state index is 5.59. The van der Waals surface area contributed by atoms with Crippen molar-refractivity contribution in [3.05, 3.63) is 35.9 Å². The fraction of sp³-hybridized carbons (Fsp3) is 0.625. The first-order valence-corrected chi connectivity index (χ1v) is 6.91. The third kappa shape index (κ3) is 6.19. The quantitative estimate of drug-likeness (QED) is 0.496. The standard InChI is InChI=1S/C16H26O3/c1-5-16(2,3)13-18-19-15(11-12-17-4)14-9-7-6-8-10-14/h6-10,15H,5,11-13H2,1-4H3. The van der Waals surface area contributed by atoms with Gasteiger partial charge in [0.1, 0.15) is 6.10 Å². The van der Waals surface area contributed by atoms with E-state index in [0.29, 0.717) is 13.2 Å².